The molecule has 1 amide bonds. The fraction of sp³-hybridized carbons (Fsp3) is 0.292. The van der Waals surface area contributed by atoms with Gasteiger partial charge in [0.05, 0.1) is 15.9 Å². The van der Waals surface area contributed by atoms with Gasteiger partial charge in [-0.2, -0.15) is 0 Å². The zero-order valence-corrected chi connectivity index (χ0v) is 19.4. The summed E-state index contributed by atoms with van der Waals surface area (Å²) in [5, 5.41) is 0.503. The molecule has 2 aromatic carbocycles. The number of hydrogen-bond donors (Lipinski definition) is 0. The molecule has 0 atom stereocenters. The number of amides is 1. The minimum Gasteiger partial charge on any atom is -0.428 e. The highest BCUT2D eigenvalue weighted by Crippen LogP contribution is 2.35. The lowest BCUT2D eigenvalue weighted by Gasteiger charge is -2.24. The first-order valence-corrected chi connectivity index (χ1v) is 10.5. The van der Waals surface area contributed by atoms with E-state index in [1.807, 2.05) is 6.07 Å². The summed E-state index contributed by atoms with van der Waals surface area (Å²) < 4.78 is 12.1. The molecule has 0 saturated carbocycles. The quantitative estimate of drug-likeness (QED) is 0.506. The van der Waals surface area contributed by atoms with Crippen molar-refractivity contribution in [3.63, 3.8) is 0 Å². The summed E-state index contributed by atoms with van der Waals surface area (Å²) in [5.41, 5.74) is -0.729. The van der Waals surface area contributed by atoms with Crippen LogP contribution in [0.1, 0.15) is 38.1 Å². The van der Waals surface area contributed by atoms with E-state index in [0.29, 0.717) is 17.7 Å². The molecule has 1 heterocycles. The monoisotopic (exact) mass is 456 g/mol. The van der Waals surface area contributed by atoms with E-state index in [4.69, 9.17) is 21.1 Å². The van der Waals surface area contributed by atoms with Gasteiger partial charge in [0, 0.05) is 19.3 Å². The van der Waals surface area contributed by atoms with Gasteiger partial charge in [0.2, 0.25) is 0 Å². The van der Waals surface area contributed by atoms with Gasteiger partial charge < -0.3 is 18.9 Å². The van der Waals surface area contributed by atoms with Crippen LogP contribution in [0.25, 0.3) is 10.9 Å². The van der Waals surface area contributed by atoms with Gasteiger partial charge in [-0.05, 0) is 52.0 Å². The lowest BCUT2D eigenvalue weighted by molar-refractivity contribution is 0.0208. The van der Waals surface area contributed by atoms with Crippen LogP contribution in [0.3, 0.4) is 0 Å². The number of pyridine rings is 1. The molecule has 0 aliphatic carbocycles. The van der Waals surface area contributed by atoms with E-state index in [0.717, 1.165) is 0 Å². The van der Waals surface area contributed by atoms with Crippen LogP contribution in [-0.2, 0) is 11.8 Å². The molecule has 32 heavy (non-hydrogen) atoms. The molecule has 0 N–H and O–H groups in total. The summed E-state index contributed by atoms with van der Waals surface area (Å²) in [4.78, 5) is 40.9. The minimum absolute atomic E-state index is 0.220. The summed E-state index contributed by atoms with van der Waals surface area (Å²) in [5.74, 6) is -0.831. The molecule has 7 nitrogen and oxygen atoms in total. The van der Waals surface area contributed by atoms with Crippen LogP contribution in [0.2, 0.25) is 5.02 Å². The predicted molar refractivity (Wildman–Crippen MR) is 125 cm³/mol. The van der Waals surface area contributed by atoms with Gasteiger partial charge in [-0.1, -0.05) is 35.9 Å². The Kier molecular flexibility index (Phi) is 6.60. The van der Waals surface area contributed by atoms with Gasteiger partial charge in [-0.3, -0.25) is 9.59 Å². The van der Waals surface area contributed by atoms with Crippen molar-refractivity contribution in [2.45, 2.75) is 33.3 Å². The lowest BCUT2D eigenvalue weighted by Crippen LogP contribution is -2.37. The number of halogens is 1. The Hall–Kier alpha value is -3.32. The van der Waals surface area contributed by atoms with E-state index < -0.39 is 23.2 Å². The zero-order chi connectivity index (χ0) is 23.6. The molecule has 0 aliphatic rings. The maximum atomic E-state index is 13.6. The molecule has 0 bridgehead atoms. The molecule has 0 fully saturated rings. The minimum atomic E-state index is -1.04. The summed E-state index contributed by atoms with van der Waals surface area (Å²) >= 11 is 6.44. The number of nitrogens with zero attached hydrogens (tertiary/aromatic N) is 2. The first-order chi connectivity index (χ1) is 15.0. The Morgan fingerprint density at radius 3 is 2.31 bits per heavy atom. The van der Waals surface area contributed by atoms with Gasteiger partial charge in [0.25, 0.3) is 11.5 Å². The number of para-hydroxylation sites is 1. The van der Waals surface area contributed by atoms with Gasteiger partial charge >= 0.3 is 6.16 Å². The Morgan fingerprint density at radius 2 is 1.72 bits per heavy atom. The number of carbonyl (C=O) groups excluding carboxylic acids is 2. The van der Waals surface area contributed by atoms with Crippen molar-refractivity contribution < 1.29 is 19.1 Å². The summed E-state index contributed by atoms with van der Waals surface area (Å²) in [7, 11) is 1.54. The van der Waals surface area contributed by atoms with E-state index in [9.17, 15) is 14.4 Å². The van der Waals surface area contributed by atoms with Gasteiger partial charge in [-0.15, -0.1) is 0 Å². The molecule has 3 aromatic rings. The lowest BCUT2D eigenvalue weighted by atomic mass is 10.1. The highest BCUT2D eigenvalue weighted by molar-refractivity contribution is 6.36. The van der Waals surface area contributed by atoms with E-state index in [-0.39, 0.29) is 21.7 Å². The Balaban J connectivity index is 2.28. The zero-order valence-electron chi connectivity index (χ0n) is 18.6. The second kappa shape index (κ2) is 9.04. The number of benzene rings is 2. The second-order valence-corrected chi connectivity index (χ2v) is 8.56. The van der Waals surface area contributed by atoms with E-state index in [2.05, 4.69) is 0 Å². The molecule has 0 spiro atoms. The molecule has 8 heteroatoms. The largest absolute Gasteiger partial charge is 0.514 e. The molecule has 0 unspecified atom stereocenters. The topological polar surface area (TPSA) is 77.8 Å². The third-order valence-corrected chi connectivity index (χ3v) is 5.06. The molecular weight excluding hydrogens is 432 g/mol. The maximum absolute atomic E-state index is 13.6. The van der Waals surface area contributed by atoms with Crippen LogP contribution in [-0.4, -0.2) is 28.8 Å². The third-order valence-electron chi connectivity index (χ3n) is 4.74. The van der Waals surface area contributed by atoms with Crippen LogP contribution in [0.4, 0.5) is 10.5 Å². The molecule has 1 aromatic heterocycles. The van der Waals surface area contributed by atoms with E-state index >= 15 is 0 Å². The van der Waals surface area contributed by atoms with E-state index in [1.165, 1.54) is 16.5 Å². The molecule has 3 rings (SSSR count). The number of rotatable bonds is 4. The highest BCUT2D eigenvalue weighted by atomic mass is 35.5. The number of aryl methyl sites for hydroxylation is 1. The first kappa shape index (κ1) is 23.3. The van der Waals surface area contributed by atoms with Crippen LogP contribution >= 0.6 is 11.6 Å². The normalized spacial score (nSPS) is 11.3. The Bertz CT molecular complexity index is 1230. The standard InChI is InChI=1S/C24H25ClN2O5/c1-6-27(15-11-8-7-9-12-15)22(29)19-20(31-23(30)32-24(2,3)4)18-16(25)13-10-14-17(18)26(5)21(19)28/h7-14H,6H2,1-5H3. The van der Waals surface area contributed by atoms with Crippen LogP contribution in [0.5, 0.6) is 5.75 Å². The number of aromatic nitrogens is 1. The molecule has 168 valence electrons. The summed E-state index contributed by atoms with van der Waals surface area (Å²) in [6, 6.07) is 13.9. The fourth-order valence-electron chi connectivity index (χ4n) is 3.35. The smallest absolute Gasteiger partial charge is 0.428 e. The van der Waals surface area contributed by atoms with Crippen LogP contribution in [0.15, 0.2) is 53.3 Å². The van der Waals surface area contributed by atoms with Crippen LogP contribution in [0, 0.1) is 0 Å². The number of hydrogen-bond acceptors (Lipinski definition) is 5. The van der Waals surface area contributed by atoms with Gasteiger partial charge in [0.1, 0.15) is 11.2 Å². The summed E-state index contributed by atoms with van der Waals surface area (Å²) in [6.07, 6.45) is -1.04. The van der Waals surface area contributed by atoms with Crippen molar-refractivity contribution in [1.82, 2.24) is 4.57 Å². The number of carbonyl (C=O) groups is 2. The number of fused-ring (bicyclic) bond motifs is 1. The number of anilines is 1. The van der Waals surface area contributed by atoms with Gasteiger partial charge in [-0.25, -0.2) is 4.79 Å². The molecule has 0 saturated heterocycles. The average Bonchev–Trinajstić information content (AvgIpc) is 2.71. The molecule has 0 aliphatic heterocycles. The van der Waals surface area contributed by atoms with Crippen molar-refractivity contribution in [3.05, 3.63) is 69.5 Å². The van der Waals surface area contributed by atoms with Crippen molar-refractivity contribution in [1.29, 1.82) is 0 Å². The van der Waals surface area contributed by atoms with E-state index in [1.54, 1.807) is 70.2 Å². The Morgan fingerprint density at radius 1 is 1.06 bits per heavy atom. The molecular formula is C24H25ClN2O5. The average molecular weight is 457 g/mol. The van der Waals surface area contributed by atoms with Crippen molar-refractivity contribution in [3.8, 4) is 5.75 Å². The summed E-state index contributed by atoms with van der Waals surface area (Å²) in [6.45, 7) is 7.13. The SMILES string of the molecule is CCN(C(=O)c1c(OC(=O)OC(C)(C)C)c2c(Cl)cccc2n(C)c1=O)c1ccccc1. The van der Waals surface area contributed by atoms with Crippen LogP contribution < -0.4 is 15.2 Å². The van der Waals surface area contributed by atoms with Crippen molar-refractivity contribution >= 4 is 40.3 Å². The van der Waals surface area contributed by atoms with Crippen molar-refractivity contribution in [2.24, 2.45) is 7.05 Å². The third kappa shape index (κ3) is 4.62. The molecule has 0 radical (unpaired) electrons. The predicted octanol–water partition coefficient (Wildman–Crippen LogP) is 5.17. The van der Waals surface area contributed by atoms with Gasteiger partial charge in [0.15, 0.2) is 5.75 Å². The highest BCUT2D eigenvalue weighted by Gasteiger charge is 2.30. The second-order valence-electron chi connectivity index (χ2n) is 8.15. The maximum Gasteiger partial charge on any atom is 0.514 e. The Labute approximate surface area is 191 Å². The van der Waals surface area contributed by atoms with Crippen molar-refractivity contribution in [2.75, 3.05) is 11.4 Å². The number of ether oxygens (including phenoxy) is 2. The fourth-order valence-corrected chi connectivity index (χ4v) is 3.60. The first-order valence-electron chi connectivity index (χ1n) is 10.1.